The highest BCUT2D eigenvalue weighted by molar-refractivity contribution is 6.49. The first-order valence-electron chi connectivity index (χ1n) is 4.13. The quantitative estimate of drug-likeness (QED) is 0.576. The van der Waals surface area contributed by atoms with Crippen LogP contribution in [0.3, 0.4) is 0 Å². The molecule has 2 atom stereocenters. The summed E-state index contributed by atoms with van der Waals surface area (Å²) in [7, 11) is 1.42. The molecule has 0 rings (SSSR count). The summed E-state index contributed by atoms with van der Waals surface area (Å²) in [4.78, 5) is 0. The summed E-state index contributed by atoms with van der Waals surface area (Å²) in [6, 6.07) is -0.0981. The average molecular weight is 192 g/mol. The topological polar surface area (TPSA) is 70.5 Å². The van der Waals surface area contributed by atoms with Crippen molar-refractivity contribution < 1.29 is 8.85 Å². The summed E-state index contributed by atoms with van der Waals surface area (Å²) < 4.78 is 10.5. The molecule has 0 aromatic carbocycles. The molecule has 0 aromatic rings. The second-order valence-electron chi connectivity index (χ2n) is 3.06. The standard InChI is InChI=1S/C7H20N2O2Si/c1-5-7(9,6(2)8)12(10-3)11-4/h6,12H,5,8-9H2,1-4H3. The van der Waals surface area contributed by atoms with Crippen molar-refractivity contribution in [3.63, 3.8) is 0 Å². The van der Waals surface area contributed by atoms with E-state index in [2.05, 4.69) is 0 Å². The van der Waals surface area contributed by atoms with Crippen LogP contribution < -0.4 is 11.5 Å². The highest BCUT2D eigenvalue weighted by Crippen LogP contribution is 2.15. The van der Waals surface area contributed by atoms with E-state index in [1.54, 1.807) is 14.2 Å². The van der Waals surface area contributed by atoms with Gasteiger partial charge in [-0.1, -0.05) is 6.92 Å². The van der Waals surface area contributed by atoms with Gasteiger partial charge in [-0.3, -0.25) is 0 Å². The molecule has 0 heterocycles. The Morgan fingerprint density at radius 3 is 1.92 bits per heavy atom. The summed E-state index contributed by atoms with van der Waals surface area (Å²) in [5, 5.41) is -0.469. The average Bonchev–Trinajstić information content (AvgIpc) is 2.05. The monoisotopic (exact) mass is 192 g/mol. The van der Waals surface area contributed by atoms with E-state index in [1.807, 2.05) is 13.8 Å². The number of rotatable bonds is 5. The van der Waals surface area contributed by atoms with Gasteiger partial charge in [-0.25, -0.2) is 0 Å². The zero-order valence-electron chi connectivity index (χ0n) is 8.33. The third kappa shape index (κ3) is 2.27. The van der Waals surface area contributed by atoms with E-state index in [0.717, 1.165) is 6.42 Å². The molecule has 5 heteroatoms. The van der Waals surface area contributed by atoms with E-state index >= 15 is 0 Å². The minimum Gasteiger partial charge on any atom is -0.399 e. The zero-order valence-corrected chi connectivity index (χ0v) is 9.49. The molecular formula is C7H20N2O2Si. The van der Waals surface area contributed by atoms with E-state index in [0.29, 0.717) is 0 Å². The smallest absolute Gasteiger partial charge is 0.343 e. The van der Waals surface area contributed by atoms with Crippen molar-refractivity contribution in [1.29, 1.82) is 0 Å². The van der Waals surface area contributed by atoms with Crippen molar-refractivity contribution in [2.24, 2.45) is 11.5 Å². The van der Waals surface area contributed by atoms with Crippen LogP contribution in [0, 0.1) is 0 Å². The lowest BCUT2D eigenvalue weighted by atomic mass is 10.1. The predicted octanol–water partition coefficient (Wildman–Crippen LogP) is -0.506. The summed E-state index contributed by atoms with van der Waals surface area (Å²) in [6.45, 7) is 3.89. The first-order valence-corrected chi connectivity index (χ1v) is 5.65. The fourth-order valence-corrected chi connectivity index (χ4v) is 3.07. The summed E-state index contributed by atoms with van der Waals surface area (Å²) >= 11 is 0. The fraction of sp³-hybridized carbons (Fsp3) is 1.00. The van der Waals surface area contributed by atoms with Crippen LogP contribution >= 0.6 is 0 Å². The molecule has 0 amide bonds. The minimum atomic E-state index is -1.83. The molecule has 74 valence electrons. The molecular weight excluding hydrogens is 172 g/mol. The van der Waals surface area contributed by atoms with Crippen molar-refractivity contribution in [2.75, 3.05) is 14.2 Å². The zero-order chi connectivity index (χ0) is 9.78. The maximum atomic E-state index is 6.09. The van der Waals surface area contributed by atoms with Gasteiger partial charge in [0, 0.05) is 20.3 Å². The van der Waals surface area contributed by atoms with Crippen LogP contribution in [0.2, 0.25) is 0 Å². The van der Waals surface area contributed by atoms with Crippen LogP contribution in [0.4, 0.5) is 0 Å². The molecule has 2 unspecified atom stereocenters. The van der Waals surface area contributed by atoms with Gasteiger partial charge in [-0.05, 0) is 13.3 Å². The Balaban J connectivity index is 4.47. The maximum absolute atomic E-state index is 6.09. The Kier molecular flexibility index (Phi) is 4.96. The van der Waals surface area contributed by atoms with Gasteiger partial charge in [0.15, 0.2) is 0 Å². The second-order valence-corrected chi connectivity index (χ2v) is 5.74. The third-order valence-corrected chi connectivity index (χ3v) is 5.00. The van der Waals surface area contributed by atoms with E-state index < -0.39 is 14.4 Å². The van der Waals surface area contributed by atoms with Crippen LogP contribution in [-0.4, -0.2) is 34.7 Å². The Bertz CT molecular complexity index is 131. The minimum absolute atomic E-state index is 0.0981. The van der Waals surface area contributed by atoms with Gasteiger partial charge in [0.25, 0.3) is 0 Å². The molecule has 0 aromatic heterocycles. The maximum Gasteiger partial charge on any atom is 0.343 e. The van der Waals surface area contributed by atoms with Gasteiger partial charge in [-0.2, -0.15) is 0 Å². The van der Waals surface area contributed by atoms with Gasteiger partial charge >= 0.3 is 9.28 Å². The van der Waals surface area contributed by atoms with Crippen LogP contribution in [0.25, 0.3) is 0 Å². The van der Waals surface area contributed by atoms with Crippen LogP contribution in [0.15, 0.2) is 0 Å². The third-order valence-electron chi connectivity index (χ3n) is 2.33. The highest BCUT2D eigenvalue weighted by atomic mass is 28.3. The van der Waals surface area contributed by atoms with E-state index in [-0.39, 0.29) is 6.04 Å². The molecule has 0 saturated carbocycles. The Labute approximate surface area is 76.1 Å². The highest BCUT2D eigenvalue weighted by Gasteiger charge is 2.40. The van der Waals surface area contributed by atoms with Crippen molar-refractivity contribution in [3.05, 3.63) is 0 Å². The lowest BCUT2D eigenvalue weighted by Crippen LogP contribution is -2.65. The van der Waals surface area contributed by atoms with Crippen LogP contribution in [0.1, 0.15) is 20.3 Å². The molecule has 12 heavy (non-hydrogen) atoms. The summed E-state index contributed by atoms with van der Waals surface area (Å²) in [5.41, 5.74) is 11.9. The Morgan fingerprint density at radius 1 is 1.42 bits per heavy atom. The van der Waals surface area contributed by atoms with Gasteiger partial charge in [0.2, 0.25) is 0 Å². The summed E-state index contributed by atoms with van der Waals surface area (Å²) in [6.07, 6.45) is 0.781. The predicted molar refractivity (Wildman–Crippen MR) is 52.0 cm³/mol. The molecule has 4 N–H and O–H groups in total. The SMILES string of the molecule is CCC(N)(C(C)N)[SiH](OC)OC. The van der Waals surface area contributed by atoms with E-state index in [9.17, 15) is 0 Å². The number of hydrogen-bond donors (Lipinski definition) is 2. The molecule has 0 saturated heterocycles. The van der Waals surface area contributed by atoms with Gasteiger partial charge in [0.1, 0.15) is 0 Å². The lowest BCUT2D eigenvalue weighted by molar-refractivity contribution is 0.228. The summed E-state index contributed by atoms with van der Waals surface area (Å²) in [5.74, 6) is 0. The van der Waals surface area contributed by atoms with Crippen molar-refractivity contribution in [3.8, 4) is 0 Å². The molecule has 0 aliphatic carbocycles. The molecule has 0 spiro atoms. The van der Waals surface area contributed by atoms with Crippen molar-refractivity contribution >= 4 is 9.28 Å². The molecule has 0 fully saturated rings. The Morgan fingerprint density at radius 2 is 1.83 bits per heavy atom. The van der Waals surface area contributed by atoms with Crippen LogP contribution in [0.5, 0.6) is 0 Å². The van der Waals surface area contributed by atoms with E-state index in [4.69, 9.17) is 20.3 Å². The van der Waals surface area contributed by atoms with E-state index in [1.165, 1.54) is 0 Å². The first-order chi connectivity index (χ1) is 5.52. The number of hydrogen-bond acceptors (Lipinski definition) is 4. The Hall–Kier alpha value is 0.0569. The second kappa shape index (κ2) is 4.93. The normalized spacial score (nSPS) is 19.2. The van der Waals surface area contributed by atoms with Crippen LogP contribution in [-0.2, 0) is 8.85 Å². The lowest BCUT2D eigenvalue weighted by Gasteiger charge is -2.35. The largest absolute Gasteiger partial charge is 0.399 e. The molecule has 4 nitrogen and oxygen atoms in total. The van der Waals surface area contributed by atoms with Crippen molar-refractivity contribution in [1.82, 2.24) is 0 Å². The fourth-order valence-electron chi connectivity index (χ4n) is 1.24. The number of nitrogens with two attached hydrogens (primary N) is 2. The van der Waals surface area contributed by atoms with Gasteiger partial charge in [-0.15, -0.1) is 0 Å². The molecule has 0 radical (unpaired) electrons. The first kappa shape index (κ1) is 12.1. The van der Waals surface area contributed by atoms with Gasteiger partial charge in [0.05, 0.1) is 5.16 Å². The molecule has 0 aliphatic rings. The van der Waals surface area contributed by atoms with Crippen molar-refractivity contribution in [2.45, 2.75) is 31.5 Å². The van der Waals surface area contributed by atoms with Gasteiger partial charge < -0.3 is 20.3 Å². The molecule has 0 bridgehead atoms. The molecule has 0 aliphatic heterocycles.